The molecule has 0 bridgehead atoms. The standard InChI is InChI=1S/C19H16ClF2N3O3/c1-25(10-14(28-11-26)16(24-25)17(21)22)13-7-5-6-12(18(23)27)15(13)19(20)8-3-2-4-9-19/h2-8,10-11,17H,9H2,1H3,(H-,23,27)/p+1. The zero-order chi connectivity index (χ0) is 20.5. The molecule has 3 rings (SSSR count). The van der Waals surface area contributed by atoms with Crippen molar-refractivity contribution in [3.63, 3.8) is 0 Å². The van der Waals surface area contributed by atoms with E-state index in [0.29, 0.717) is 17.7 Å². The van der Waals surface area contributed by atoms with Crippen molar-refractivity contribution < 1.29 is 23.1 Å². The van der Waals surface area contributed by atoms with Gasteiger partial charge in [-0.05, 0) is 12.5 Å². The first-order valence-corrected chi connectivity index (χ1v) is 8.65. The van der Waals surface area contributed by atoms with Gasteiger partial charge in [0.2, 0.25) is 17.4 Å². The summed E-state index contributed by atoms with van der Waals surface area (Å²) in [5.41, 5.74) is 5.74. The molecule has 9 heteroatoms. The van der Waals surface area contributed by atoms with Crippen LogP contribution in [0.5, 0.6) is 0 Å². The Balaban J connectivity index is 2.27. The van der Waals surface area contributed by atoms with Gasteiger partial charge >= 0.3 is 0 Å². The summed E-state index contributed by atoms with van der Waals surface area (Å²) in [4.78, 5) is 21.7. The second-order valence-electron chi connectivity index (χ2n) is 6.44. The molecule has 0 aromatic heterocycles. The van der Waals surface area contributed by atoms with Gasteiger partial charge in [0.1, 0.15) is 7.05 Å². The van der Waals surface area contributed by atoms with E-state index in [1.165, 1.54) is 19.3 Å². The third-order valence-corrected chi connectivity index (χ3v) is 5.02. The van der Waals surface area contributed by atoms with Gasteiger partial charge in [0.05, 0.1) is 16.0 Å². The lowest BCUT2D eigenvalue weighted by atomic mass is 9.86. The number of halogens is 3. The van der Waals surface area contributed by atoms with Gasteiger partial charge in [-0.1, -0.05) is 35.5 Å². The zero-order valence-corrected chi connectivity index (χ0v) is 15.6. The van der Waals surface area contributed by atoms with Gasteiger partial charge in [0.25, 0.3) is 12.9 Å². The van der Waals surface area contributed by atoms with Crippen molar-refractivity contribution in [1.29, 1.82) is 0 Å². The van der Waals surface area contributed by atoms with Crippen LogP contribution in [-0.4, -0.2) is 31.6 Å². The molecule has 0 saturated heterocycles. The quantitative estimate of drug-likeness (QED) is 0.445. The predicted molar refractivity (Wildman–Crippen MR) is 102 cm³/mol. The Morgan fingerprint density at radius 2 is 2.18 bits per heavy atom. The number of quaternary nitrogens is 1. The summed E-state index contributed by atoms with van der Waals surface area (Å²) in [6.07, 6.45) is 5.71. The van der Waals surface area contributed by atoms with Crippen LogP contribution in [0.1, 0.15) is 22.3 Å². The maximum atomic E-state index is 13.4. The topological polar surface area (TPSA) is 81.8 Å². The number of nitrogens with zero attached hydrogens (tertiary/aromatic N) is 2. The number of benzene rings is 1. The first-order valence-electron chi connectivity index (χ1n) is 8.27. The molecule has 1 amide bonds. The van der Waals surface area contributed by atoms with E-state index in [2.05, 4.69) is 9.84 Å². The van der Waals surface area contributed by atoms with E-state index in [-0.39, 0.29) is 17.8 Å². The lowest BCUT2D eigenvalue weighted by Crippen LogP contribution is -2.36. The zero-order valence-electron chi connectivity index (χ0n) is 14.8. The van der Waals surface area contributed by atoms with Crippen molar-refractivity contribution in [3.8, 4) is 0 Å². The maximum Gasteiger partial charge on any atom is 0.298 e. The molecule has 0 fully saturated rings. The number of alkyl halides is 3. The Hall–Kier alpha value is -2.84. The normalized spacial score (nSPS) is 26.2. The highest BCUT2D eigenvalue weighted by Crippen LogP contribution is 2.46. The summed E-state index contributed by atoms with van der Waals surface area (Å²) in [6, 6.07) is 4.70. The maximum absolute atomic E-state index is 13.4. The van der Waals surface area contributed by atoms with Crippen molar-refractivity contribution in [3.05, 3.63) is 65.6 Å². The number of amides is 1. The van der Waals surface area contributed by atoms with Crippen molar-refractivity contribution in [2.45, 2.75) is 17.7 Å². The van der Waals surface area contributed by atoms with Crippen LogP contribution in [0.4, 0.5) is 14.5 Å². The predicted octanol–water partition coefficient (Wildman–Crippen LogP) is 3.32. The number of rotatable bonds is 6. The fraction of sp³-hybridized carbons (Fsp3) is 0.211. The van der Waals surface area contributed by atoms with Gasteiger partial charge in [-0.2, -0.15) is 0 Å². The Labute approximate surface area is 164 Å². The highest BCUT2D eigenvalue weighted by atomic mass is 35.5. The smallest absolute Gasteiger partial charge is 0.298 e. The molecule has 2 atom stereocenters. The molecule has 2 N–H and O–H groups in total. The average molecular weight is 409 g/mol. The lowest BCUT2D eigenvalue weighted by Gasteiger charge is -2.31. The molecule has 6 nitrogen and oxygen atoms in total. The second-order valence-corrected chi connectivity index (χ2v) is 7.11. The first-order chi connectivity index (χ1) is 13.2. The summed E-state index contributed by atoms with van der Waals surface area (Å²) >= 11 is 6.83. The van der Waals surface area contributed by atoms with Gasteiger partial charge in [-0.15, -0.1) is 16.2 Å². The summed E-state index contributed by atoms with van der Waals surface area (Å²) in [5.74, 6) is -1.07. The number of primary amides is 1. The molecule has 0 radical (unpaired) electrons. The van der Waals surface area contributed by atoms with Gasteiger partial charge in [0.15, 0.2) is 11.9 Å². The monoisotopic (exact) mass is 408 g/mol. The summed E-state index contributed by atoms with van der Waals surface area (Å²) in [7, 11) is 1.51. The van der Waals surface area contributed by atoms with E-state index >= 15 is 0 Å². The number of allylic oxidation sites excluding steroid dienone is 5. The molecule has 2 unspecified atom stereocenters. The molecular weight excluding hydrogens is 392 g/mol. The average Bonchev–Trinajstić information content (AvgIpc) is 3.00. The number of carbonyl (C=O) groups is 2. The van der Waals surface area contributed by atoms with Gasteiger partial charge in [0, 0.05) is 6.07 Å². The van der Waals surface area contributed by atoms with Crippen LogP contribution in [0.25, 0.3) is 0 Å². The van der Waals surface area contributed by atoms with Crippen LogP contribution in [0, 0.1) is 0 Å². The van der Waals surface area contributed by atoms with Crippen molar-refractivity contribution in [2.24, 2.45) is 10.8 Å². The van der Waals surface area contributed by atoms with Crippen molar-refractivity contribution in [1.82, 2.24) is 4.59 Å². The van der Waals surface area contributed by atoms with Crippen LogP contribution in [-0.2, 0) is 14.4 Å². The summed E-state index contributed by atoms with van der Waals surface area (Å²) in [5, 5.41) is 4.05. The highest BCUT2D eigenvalue weighted by molar-refractivity contribution is 6.27. The number of carbonyl (C=O) groups excluding carboxylic acids is 2. The molecule has 1 aromatic rings. The van der Waals surface area contributed by atoms with Gasteiger partial charge in [-0.25, -0.2) is 8.78 Å². The van der Waals surface area contributed by atoms with Crippen molar-refractivity contribution >= 4 is 35.4 Å². The van der Waals surface area contributed by atoms with Crippen LogP contribution in [0.3, 0.4) is 0 Å². The third kappa shape index (κ3) is 3.36. The Kier molecular flexibility index (Phi) is 5.18. The molecule has 2 aliphatic rings. The molecule has 1 aliphatic carbocycles. The van der Waals surface area contributed by atoms with E-state index in [1.807, 2.05) is 12.2 Å². The molecule has 1 aromatic carbocycles. The first kappa shape index (κ1) is 19.9. The molecule has 1 aliphatic heterocycles. The Bertz CT molecular complexity index is 958. The number of ether oxygens (including phenoxy) is 1. The number of nitrogens with two attached hydrogens (primary N) is 1. The van der Waals surface area contributed by atoms with Crippen LogP contribution in [0.15, 0.2) is 59.6 Å². The van der Waals surface area contributed by atoms with E-state index in [4.69, 9.17) is 17.3 Å². The minimum atomic E-state index is -2.96. The Morgan fingerprint density at radius 3 is 2.75 bits per heavy atom. The largest absolute Gasteiger partial charge is 0.421 e. The summed E-state index contributed by atoms with van der Waals surface area (Å²) in [6.45, 7) is 0.0534. The van der Waals surface area contributed by atoms with E-state index < -0.39 is 27.5 Å². The molecule has 1 heterocycles. The number of hydrogen-bond donors (Lipinski definition) is 1. The number of hydrogen-bond acceptors (Lipinski definition) is 4. The minimum absolute atomic E-state index is 0.0534. The van der Waals surface area contributed by atoms with Crippen LogP contribution in [0.2, 0.25) is 0 Å². The lowest BCUT2D eigenvalue weighted by molar-refractivity contribution is -0.124. The van der Waals surface area contributed by atoms with Crippen LogP contribution >= 0.6 is 11.6 Å². The fourth-order valence-corrected chi connectivity index (χ4v) is 3.71. The molecule has 0 spiro atoms. The molecule has 28 heavy (non-hydrogen) atoms. The van der Waals surface area contributed by atoms with Crippen molar-refractivity contribution in [2.75, 3.05) is 7.05 Å². The van der Waals surface area contributed by atoms with E-state index in [0.717, 1.165) is 0 Å². The molecule has 146 valence electrons. The highest BCUT2D eigenvalue weighted by Gasteiger charge is 2.44. The van der Waals surface area contributed by atoms with E-state index in [9.17, 15) is 18.4 Å². The van der Waals surface area contributed by atoms with Gasteiger partial charge < -0.3 is 10.5 Å². The van der Waals surface area contributed by atoms with E-state index in [1.54, 1.807) is 24.3 Å². The molecular formula is C19H17ClF2N3O3+. The fourth-order valence-electron chi connectivity index (χ4n) is 3.35. The minimum Gasteiger partial charge on any atom is -0.421 e. The Morgan fingerprint density at radius 1 is 1.43 bits per heavy atom. The third-order valence-electron chi connectivity index (χ3n) is 4.55. The molecule has 0 saturated carbocycles. The summed E-state index contributed by atoms with van der Waals surface area (Å²) < 4.78 is 31.0. The second kappa shape index (κ2) is 7.29. The SMILES string of the molecule is C[N+]1(c2cccc(C(N)=O)c2C2(Cl)C=CC=CC2)C=C(OC=O)C(C(F)F)=N1. The van der Waals surface area contributed by atoms with Gasteiger partial charge in [-0.3, -0.25) is 9.59 Å². The van der Waals surface area contributed by atoms with Crippen LogP contribution < -0.4 is 10.3 Å².